The molecule has 0 aliphatic carbocycles. The number of likely N-dealkylation sites (tertiary alicyclic amines) is 1. The molecule has 1 N–H and O–H groups in total. The second kappa shape index (κ2) is 9.56. The van der Waals surface area contributed by atoms with E-state index < -0.39 is 0 Å². The first kappa shape index (κ1) is 17.8. The molecule has 1 amide bonds. The molecule has 1 heterocycles. The van der Waals surface area contributed by atoms with Gasteiger partial charge in [-0.2, -0.15) is 0 Å². The topological polar surface area (TPSA) is 41.6 Å². The van der Waals surface area contributed by atoms with E-state index in [2.05, 4.69) is 19.2 Å². The van der Waals surface area contributed by atoms with Crippen LogP contribution < -0.4 is 5.32 Å². The van der Waals surface area contributed by atoms with Gasteiger partial charge < -0.3 is 15.0 Å². The Morgan fingerprint density at radius 2 is 2.13 bits per heavy atom. The number of ether oxygens (including phenoxy) is 1. The molecule has 128 valence electrons. The van der Waals surface area contributed by atoms with Gasteiger partial charge >= 0.3 is 6.09 Å². The number of benzene rings is 1. The maximum Gasteiger partial charge on any atom is 0.410 e. The lowest BCUT2D eigenvalue weighted by atomic mass is 9.93. The van der Waals surface area contributed by atoms with Gasteiger partial charge in [-0.05, 0) is 43.7 Å². The molecular formula is C19H30N2O2. The molecule has 0 bridgehead atoms. The van der Waals surface area contributed by atoms with Crippen molar-refractivity contribution in [3.63, 3.8) is 0 Å². The van der Waals surface area contributed by atoms with Crippen LogP contribution in [0.15, 0.2) is 30.3 Å². The highest BCUT2D eigenvalue weighted by Gasteiger charge is 2.24. The molecule has 23 heavy (non-hydrogen) atoms. The van der Waals surface area contributed by atoms with E-state index in [-0.39, 0.29) is 6.09 Å². The van der Waals surface area contributed by atoms with Crippen LogP contribution in [0.2, 0.25) is 0 Å². The zero-order valence-electron chi connectivity index (χ0n) is 14.5. The minimum Gasteiger partial charge on any atom is -0.445 e. The largest absolute Gasteiger partial charge is 0.445 e. The number of rotatable bonds is 7. The van der Waals surface area contributed by atoms with Crippen molar-refractivity contribution in [3.8, 4) is 0 Å². The van der Waals surface area contributed by atoms with Crippen LogP contribution in [-0.4, -0.2) is 36.7 Å². The Balaban J connectivity index is 1.69. The lowest BCUT2D eigenvalue weighted by Crippen LogP contribution is -2.40. The Bertz CT molecular complexity index is 462. The molecule has 1 aliphatic rings. The number of carbonyl (C=O) groups is 1. The zero-order valence-corrected chi connectivity index (χ0v) is 14.5. The smallest absolute Gasteiger partial charge is 0.410 e. The van der Waals surface area contributed by atoms with Crippen molar-refractivity contribution in [2.45, 2.75) is 52.2 Å². The number of carbonyl (C=O) groups excluding carboxylic acids is 1. The Kier molecular flexibility index (Phi) is 7.40. The summed E-state index contributed by atoms with van der Waals surface area (Å²) >= 11 is 0. The maximum absolute atomic E-state index is 12.2. The van der Waals surface area contributed by atoms with Gasteiger partial charge in [0.2, 0.25) is 0 Å². The van der Waals surface area contributed by atoms with Crippen LogP contribution in [0.3, 0.4) is 0 Å². The number of nitrogens with one attached hydrogen (secondary N) is 1. The monoisotopic (exact) mass is 318 g/mol. The zero-order chi connectivity index (χ0) is 16.5. The molecule has 1 fully saturated rings. The molecule has 0 radical (unpaired) electrons. The quantitative estimate of drug-likeness (QED) is 0.777. The molecule has 1 saturated heterocycles. The summed E-state index contributed by atoms with van der Waals surface area (Å²) in [5.74, 6) is 0.613. The van der Waals surface area contributed by atoms with Crippen molar-refractivity contribution in [2.24, 2.45) is 5.92 Å². The molecule has 0 aromatic heterocycles. The molecule has 4 nitrogen and oxygen atoms in total. The number of amides is 1. The summed E-state index contributed by atoms with van der Waals surface area (Å²) in [6.45, 7) is 7.44. The Morgan fingerprint density at radius 3 is 2.87 bits per heavy atom. The average Bonchev–Trinajstić information content (AvgIpc) is 2.57. The van der Waals surface area contributed by atoms with Crippen LogP contribution in [0.5, 0.6) is 0 Å². The number of hydrogen-bond acceptors (Lipinski definition) is 3. The predicted octanol–water partition coefficient (Wildman–Crippen LogP) is 3.81. The Labute approximate surface area is 140 Å². The summed E-state index contributed by atoms with van der Waals surface area (Å²) in [6, 6.07) is 10.4. The molecule has 4 heteroatoms. The van der Waals surface area contributed by atoms with E-state index in [9.17, 15) is 4.79 Å². The van der Waals surface area contributed by atoms with Crippen molar-refractivity contribution >= 4 is 6.09 Å². The van der Waals surface area contributed by atoms with Crippen LogP contribution in [0.25, 0.3) is 0 Å². The van der Waals surface area contributed by atoms with E-state index in [1.807, 2.05) is 35.2 Å². The minimum absolute atomic E-state index is 0.168. The van der Waals surface area contributed by atoms with Crippen molar-refractivity contribution < 1.29 is 9.53 Å². The van der Waals surface area contributed by atoms with Crippen molar-refractivity contribution in [3.05, 3.63) is 35.9 Å². The summed E-state index contributed by atoms with van der Waals surface area (Å²) in [6.07, 6.45) is 4.50. The van der Waals surface area contributed by atoms with Gasteiger partial charge in [0.25, 0.3) is 0 Å². The molecule has 1 aliphatic heterocycles. The normalized spacial score (nSPS) is 18.2. The summed E-state index contributed by atoms with van der Waals surface area (Å²) < 4.78 is 5.45. The fourth-order valence-electron chi connectivity index (χ4n) is 3.06. The first-order valence-corrected chi connectivity index (χ1v) is 8.84. The van der Waals surface area contributed by atoms with E-state index >= 15 is 0 Å². The van der Waals surface area contributed by atoms with Crippen LogP contribution in [0.1, 0.15) is 45.1 Å². The van der Waals surface area contributed by atoms with Gasteiger partial charge in [0.05, 0.1) is 0 Å². The highest BCUT2D eigenvalue weighted by atomic mass is 16.6. The van der Waals surface area contributed by atoms with Crippen molar-refractivity contribution in [1.82, 2.24) is 10.2 Å². The van der Waals surface area contributed by atoms with E-state index in [0.717, 1.165) is 31.6 Å². The lowest BCUT2D eigenvalue weighted by molar-refractivity contribution is 0.0777. The first-order valence-electron chi connectivity index (χ1n) is 8.84. The molecule has 1 atom stereocenters. The fourth-order valence-corrected chi connectivity index (χ4v) is 3.06. The van der Waals surface area contributed by atoms with Crippen LogP contribution in [0.4, 0.5) is 4.79 Å². The third kappa shape index (κ3) is 6.61. The molecule has 0 saturated carbocycles. The number of piperidine rings is 1. The maximum atomic E-state index is 12.2. The third-order valence-corrected chi connectivity index (χ3v) is 4.32. The standard InChI is InChI=1S/C19H30N2O2/c1-16(2)20-12-6-10-17-11-7-13-21(14-17)19(22)23-15-18-8-4-3-5-9-18/h3-5,8-9,16-17,20H,6-7,10-15H2,1-2H3/t17-/m1/s1. The van der Waals surface area contributed by atoms with Gasteiger partial charge in [-0.1, -0.05) is 44.2 Å². The summed E-state index contributed by atoms with van der Waals surface area (Å²) in [5, 5.41) is 3.45. The van der Waals surface area contributed by atoms with Crippen molar-refractivity contribution in [2.75, 3.05) is 19.6 Å². The molecule has 1 aromatic carbocycles. The molecule has 0 spiro atoms. The minimum atomic E-state index is -0.168. The second-order valence-electron chi connectivity index (χ2n) is 6.75. The van der Waals surface area contributed by atoms with Gasteiger partial charge in [-0.3, -0.25) is 0 Å². The molecule has 0 unspecified atom stereocenters. The predicted molar refractivity (Wildman–Crippen MR) is 93.3 cm³/mol. The summed E-state index contributed by atoms with van der Waals surface area (Å²) in [7, 11) is 0. The SMILES string of the molecule is CC(C)NCCC[C@@H]1CCCN(C(=O)OCc2ccccc2)C1. The first-order chi connectivity index (χ1) is 11.1. The van der Waals surface area contributed by atoms with Gasteiger partial charge in [-0.25, -0.2) is 4.79 Å². The van der Waals surface area contributed by atoms with Gasteiger partial charge in [0.15, 0.2) is 0 Å². The highest BCUT2D eigenvalue weighted by molar-refractivity contribution is 5.67. The lowest BCUT2D eigenvalue weighted by Gasteiger charge is -2.32. The summed E-state index contributed by atoms with van der Waals surface area (Å²) in [5.41, 5.74) is 1.04. The van der Waals surface area contributed by atoms with Crippen molar-refractivity contribution in [1.29, 1.82) is 0 Å². The molecular weight excluding hydrogens is 288 g/mol. The second-order valence-corrected chi connectivity index (χ2v) is 6.75. The van der Waals surface area contributed by atoms with Gasteiger partial charge in [-0.15, -0.1) is 0 Å². The number of nitrogens with zero attached hydrogens (tertiary/aromatic N) is 1. The van der Waals surface area contributed by atoms with Crippen LogP contribution >= 0.6 is 0 Å². The van der Waals surface area contributed by atoms with E-state index in [0.29, 0.717) is 18.6 Å². The highest BCUT2D eigenvalue weighted by Crippen LogP contribution is 2.21. The van der Waals surface area contributed by atoms with Crippen LogP contribution in [-0.2, 0) is 11.3 Å². The molecule has 1 aromatic rings. The Hall–Kier alpha value is -1.55. The average molecular weight is 318 g/mol. The number of hydrogen-bond donors (Lipinski definition) is 1. The Morgan fingerprint density at radius 1 is 1.35 bits per heavy atom. The molecule has 2 rings (SSSR count). The van der Waals surface area contributed by atoms with E-state index in [1.165, 1.54) is 19.3 Å². The third-order valence-electron chi connectivity index (χ3n) is 4.32. The van der Waals surface area contributed by atoms with E-state index in [1.54, 1.807) is 0 Å². The van der Waals surface area contributed by atoms with Crippen LogP contribution in [0, 0.1) is 5.92 Å². The fraction of sp³-hybridized carbons (Fsp3) is 0.632. The van der Waals surface area contributed by atoms with E-state index in [4.69, 9.17) is 4.74 Å². The summed E-state index contributed by atoms with van der Waals surface area (Å²) in [4.78, 5) is 14.1. The van der Waals surface area contributed by atoms with Gasteiger partial charge in [0, 0.05) is 19.1 Å². The van der Waals surface area contributed by atoms with Gasteiger partial charge in [0.1, 0.15) is 6.61 Å².